The Morgan fingerprint density at radius 1 is 0.923 bits per heavy atom. The first kappa shape index (κ1) is 15.6. The van der Waals surface area contributed by atoms with Crippen LogP contribution in [0.1, 0.15) is 45.5 Å². The van der Waals surface area contributed by atoms with E-state index < -0.39 is 23.0 Å². The largest absolute Gasteiger partial charge is 0.494 e. The summed E-state index contributed by atoms with van der Waals surface area (Å²) in [6.45, 7) is 0. The number of allylic oxidation sites excluding steroid dienone is 2. The quantitative estimate of drug-likeness (QED) is 0.545. The molecule has 1 saturated carbocycles. The van der Waals surface area contributed by atoms with Gasteiger partial charge in [0, 0.05) is 16.5 Å². The monoisotopic (exact) mass is 357 g/mol. The molecule has 2 amide bonds. The van der Waals surface area contributed by atoms with Crippen molar-refractivity contribution in [2.24, 2.45) is 11.8 Å². The zero-order chi connectivity index (χ0) is 18.2. The van der Waals surface area contributed by atoms with Gasteiger partial charge in [-0.2, -0.15) is 4.90 Å². The molecule has 5 rings (SSSR count). The van der Waals surface area contributed by atoms with Crippen LogP contribution in [0.5, 0.6) is 0 Å². The smallest absolute Gasteiger partial charge is 0.268 e. The van der Waals surface area contributed by atoms with Gasteiger partial charge in [-0.1, -0.05) is 24.3 Å². The molecule has 0 N–H and O–H groups in total. The van der Waals surface area contributed by atoms with Gasteiger partial charge in [0.1, 0.15) is 0 Å². The van der Waals surface area contributed by atoms with Crippen molar-refractivity contribution < 1.29 is 22.8 Å². The number of imide groups is 1. The highest BCUT2D eigenvalue weighted by atomic mass is 19.4. The summed E-state index contributed by atoms with van der Waals surface area (Å²) in [5.74, 6) is -1.59. The molecular formula is C20H14F3NO2. The highest BCUT2D eigenvalue weighted by molar-refractivity contribution is 6.26. The van der Waals surface area contributed by atoms with Gasteiger partial charge >= 0.3 is 6.30 Å². The summed E-state index contributed by atoms with van der Waals surface area (Å²) in [5.41, 5.74) is 1.99. The molecule has 26 heavy (non-hydrogen) atoms. The van der Waals surface area contributed by atoms with Gasteiger partial charge in [0.2, 0.25) is 0 Å². The number of carbonyl (C=O) groups is 2. The maximum atomic E-state index is 13.2. The van der Waals surface area contributed by atoms with Crippen LogP contribution in [0, 0.1) is 11.8 Å². The van der Waals surface area contributed by atoms with E-state index in [1.165, 1.54) is 24.1 Å². The van der Waals surface area contributed by atoms with Crippen molar-refractivity contribution in [3.05, 3.63) is 53.1 Å². The first-order valence-corrected chi connectivity index (χ1v) is 8.59. The van der Waals surface area contributed by atoms with Gasteiger partial charge in [0.15, 0.2) is 0 Å². The molecule has 132 valence electrons. The molecule has 0 radical (unpaired) electrons. The summed E-state index contributed by atoms with van der Waals surface area (Å²) < 4.78 is 39.7. The lowest BCUT2D eigenvalue weighted by atomic mass is 9.85. The predicted molar refractivity (Wildman–Crippen MR) is 89.3 cm³/mol. The van der Waals surface area contributed by atoms with E-state index in [4.69, 9.17) is 0 Å². The normalized spacial score (nSPS) is 24.6. The molecular weight excluding hydrogens is 343 g/mol. The van der Waals surface area contributed by atoms with E-state index in [0.717, 1.165) is 18.4 Å². The molecule has 3 nitrogen and oxygen atoms in total. The van der Waals surface area contributed by atoms with Crippen LogP contribution in [0.25, 0.3) is 16.3 Å². The van der Waals surface area contributed by atoms with Crippen molar-refractivity contribution in [2.75, 3.05) is 0 Å². The van der Waals surface area contributed by atoms with Crippen molar-refractivity contribution in [1.29, 1.82) is 0 Å². The Bertz CT molecular complexity index is 999. The first-order chi connectivity index (χ1) is 12.4. The highest BCUT2D eigenvalue weighted by Crippen LogP contribution is 2.50. The van der Waals surface area contributed by atoms with Crippen molar-refractivity contribution in [2.45, 2.75) is 25.6 Å². The summed E-state index contributed by atoms with van der Waals surface area (Å²) in [5, 5.41) is 1.02. The van der Waals surface area contributed by atoms with E-state index in [9.17, 15) is 22.8 Å². The van der Waals surface area contributed by atoms with Gasteiger partial charge in [0.05, 0.1) is 0 Å². The molecule has 2 aromatic carbocycles. The Balaban J connectivity index is 1.76. The van der Waals surface area contributed by atoms with Crippen LogP contribution >= 0.6 is 0 Å². The Labute approximate surface area is 147 Å². The van der Waals surface area contributed by atoms with Crippen LogP contribution in [0.4, 0.5) is 13.2 Å². The average Bonchev–Trinajstić information content (AvgIpc) is 3.21. The minimum absolute atomic E-state index is 0.0694. The number of hydrogen-bond acceptors (Lipinski definition) is 2. The molecule has 2 aromatic rings. The molecule has 0 aromatic heterocycles. The van der Waals surface area contributed by atoms with E-state index >= 15 is 0 Å². The number of benzene rings is 2. The number of nitrogens with zero attached hydrogens (tertiary/aromatic N) is 1. The third-order valence-corrected chi connectivity index (χ3v) is 5.80. The molecule has 1 aliphatic heterocycles. The third kappa shape index (κ3) is 1.95. The third-order valence-electron chi connectivity index (χ3n) is 5.80. The zero-order valence-corrected chi connectivity index (χ0v) is 13.6. The summed E-state index contributed by atoms with van der Waals surface area (Å²) in [6.07, 6.45) is 0.594. The number of amides is 2. The van der Waals surface area contributed by atoms with Crippen LogP contribution in [0.2, 0.25) is 0 Å². The predicted octanol–water partition coefficient (Wildman–Crippen LogP) is 4.77. The van der Waals surface area contributed by atoms with Crippen LogP contribution < -0.4 is 0 Å². The fourth-order valence-electron chi connectivity index (χ4n) is 4.73. The maximum absolute atomic E-state index is 13.2. The summed E-state index contributed by atoms with van der Waals surface area (Å²) in [7, 11) is 0. The number of fused-ring (bicyclic) bond motifs is 2. The highest BCUT2D eigenvalue weighted by Gasteiger charge is 2.49. The van der Waals surface area contributed by atoms with Gasteiger partial charge in [-0.05, 0) is 59.8 Å². The first-order valence-electron chi connectivity index (χ1n) is 8.59. The summed E-state index contributed by atoms with van der Waals surface area (Å²) >= 11 is 0. The second-order valence-corrected chi connectivity index (χ2v) is 7.19. The molecule has 1 fully saturated rings. The van der Waals surface area contributed by atoms with Crippen LogP contribution in [0.15, 0.2) is 36.4 Å². The molecule has 2 aliphatic carbocycles. The zero-order valence-electron chi connectivity index (χ0n) is 13.6. The molecule has 6 heteroatoms. The van der Waals surface area contributed by atoms with E-state index in [0.29, 0.717) is 22.6 Å². The Morgan fingerprint density at radius 3 is 2.23 bits per heavy atom. The minimum Gasteiger partial charge on any atom is -0.268 e. The molecule has 2 bridgehead atoms. The second kappa shape index (κ2) is 4.96. The number of alkyl halides is 3. The lowest BCUT2D eigenvalue weighted by Crippen LogP contribution is -2.49. The van der Waals surface area contributed by atoms with E-state index in [2.05, 4.69) is 6.08 Å². The molecule has 0 saturated heterocycles. The topological polar surface area (TPSA) is 37.4 Å². The molecule has 0 spiro atoms. The van der Waals surface area contributed by atoms with Crippen LogP contribution in [-0.2, 0) is 0 Å². The molecule has 1 heterocycles. The lowest BCUT2D eigenvalue weighted by molar-refractivity contribution is -0.206. The number of rotatable bonds is 1. The van der Waals surface area contributed by atoms with E-state index in [1.54, 1.807) is 18.2 Å². The lowest BCUT2D eigenvalue weighted by Gasteiger charge is -2.29. The van der Waals surface area contributed by atoms with E-state index in [-0.39, 0.29) is 11.1 Å². The van der Waals surface area contributed by atoms with Gasteiger partial charge in [-0.25, -0.2) is 0 Å². The minimum atomic E-state index is -5.04. The fourth-order valence-corrected chi connectivity index (χ4v) is 4.73. The Kier molecular flexibility index (Phi) is 2.98. The van der Waals surface area contributed by atoms with Crippen LogP contribution in [-0.4, -0.2) is 23.0 Å². The average molecular weight is 357 g/mol. The van der Waals surface area contributed by atoms with Crippen molar-refractivity contribution in [3.63, 3.8) is 0 Å². The molecule has 2 atom stereocenters. The standard InChI is InChI=1S/C20H14F3NO2/c21-20(22,23)24-18(25)14-3-1-2-13-12(6-7-15(17(13)14)19(24)26)16-9-10-4-5-11(16)8-10/h1-3,6-7,9-11H,4-5,8H2. The number of halogens is 3. The van der Waals surface area contributed by atoms with Crippen molar-refractivity contribution in [3.8, 4) is 0 Å². The van der Waals surface area contributed by atoms with Crippen molar-refractivity contribution >= 4 is 28.2 Å². The van der Waals surface area contributed by atoms with Gasteiger partial charge in [-0.3, -0.25) is 9.59 Å². The van der Waals surface area contributed by atoms with Crippen LogP contribution in [0.3, 0.4) is 0 Å². The maximum Gasteiger partial charge on any atom is 0.494 e. The molecule has 3 aliphatic rings. The number of carbonyl (C=O) groups excluding carboxylic acids is 2. The second-order valence-electron chi connectivity index (χ2n) is 7.19. The fraction of sp³-hybridized carbons (Fsp3) is 0.300. The van der Waals surface area contributed by atoms with Gasteiger partial charge in [0.25, 0.3) is 11.8 Å². The van der Waals surface area contributed by atoms with Crippen molar-refractivity contribution in [1.82, 2.24) is 4.90 Å². The van der Waals surface area contributed by atoms with E-state index in [1.807, 2.05) is 0 Å². The summed E-state index contributed by atoms with van der Waals surface area (Å²) in [4.78, 5) is 24.2. The Morgan fingerprint density at radius 2 is 1.62 bits per heavy atom. The number of hydrogen-bond donors (Lipinski definition) is 0. The SMILES string of the molecule is O=C1c2cccc3c(C4=CC5CCC4C5)ccc(c23)C(=O)N1C(F)(F)F. The van der Waals surface area contributed by atoms with Gasteiger partial charge < -0.3 is 0 Å². The summed E-state index contributed by atoms with van der Waals surface area (Å²) in [6, 6.07) is 7.89. The molecule has 2 unspecified atom stereocenters. The van der Waals surface area contributed by atoms with Gasteiger partial charge in [-0.15, -0.1) is 13.2 Å². The Hall–Kier alpha value is -2.63.